The Hall–Kier alpha value is -2.79. The van der Waals surface area contributed by atoms with Crippen molar-refractivity contribution < 1.29 is 17.8 Å². The standard InChI is InChI=1S/C16H16N4O5S2/c21-20(22)14-4-2-1-3-13(14)15-6-5-12(25-15)9-17-19-16(26)18-11-7-8-27(23,24)10-11/h1-6,9,11H,7-8,10H2,(H2,18,19,26)/b17-9-/t11-/m1/s1. The molecule has 0 saturated carbocycles. The molecule has 2 N–H and O–H groups in total. The monoisotopic (exact) mass is 408 g/mol. The Labute approximate surface area is 160 Å². The third-order valence-corrected chi connectivity index (χ3v) is 5.90. The molecular weight excluding hydrogens is 392 g/mol. The Morgan fingerprint density at radius 1 is 1.33 bits per heavy atom. The van der Waals surface area contributed by atoms with Crippen molar-refractivity contribution in [3.8, 4) is 11.3 Å². The van der Waals surface area contributed by atoms with E-state index in [0.717, 1.165) is 0 Å². The number of hydrazone groups is 1. The number of nitrogens with zero attached hydrogens (tertiary/aromatic N) is 2. The molecule has 0 bridgehead atoms. The summed E-state index contributed by atoms with van der Waals surface area (Å²) in [6.07, 6.45) is 1.88. The number of benzene rings is 1. The van der Waals surface area contributed by atoms with E-state index >= 15 is 0 Å². The molecule has 0 amide bonds. The molecule has 2 heterocycles. The van der Waals surface area contributed by atoms with Crippen LogP contribution < -0.4 is 10.7 Å². The lowest BCUT2D eigenvalue weighted by Crippen LogP contribution is -2.40. The highest BCUT2D eigenvalue weighted by molar-refractivity contribution is 7.91. The van der Waals surface area contributed by atoms with Crippen LogP contribution in [-0.2, 0) is 9.84 Å². The van der Waals surface area contributed by atoms with Gasteiger partial charge in [-0.05, 0) is 36.8 Å². The number of thiocarbonyl (C=S) groups is 1. The normalized spacial score (nSPS) is 18.4. The maximum atomic E-state index is 11.4. The molecule has 1 saturated heterocycles. The van der Waals surface area contributed by atoms with Crippen LogP contribution in [-0.4, -0.2) is 42.2 Å². The first-order chi connectivity index (χ1) is 12.8. The molecule has 142 valence electrons. The lowest BCUT2D eigenvalue weighted by molar-refractivity contribution is -0.384. The van der Waals surface area contributed by atoms with Crippen molar-refractivity contribution in [2.75, 3.05) is 11.5 Å². The van der Waals surface area contributed by atoms with Crippen LogP contribution in [0.4, 0.5) is 5.69 Å². The third kappa shape index (κ3) is 4.89. The summed E-state index contributed by atoms with van der Waals surface area (Å²) in [6, 6.07) is 9.29. The fourth-order valence-electron chi connectivity index (χ4n) is 2.69. The van der Waals surface area contributed by atoms with Crippen LogP contribution in [0.3, 0.4) is 0 Å². The maximum Gasteiger partial charge on any atom is 0.280 e. The van der Waals surface area contributed by atoms with Gasteiger partial charge < -0.3 is 9.73 Å². The second-order valence-corrected chi connectivity index (χ2v) is 8.56. The minimum atomic E-state index is -2.99. The van der Waals surface area contributed by atoms with Gasteiger partial charge in [-0.15, -0.1) is 0 Å². The molecule has 0 aliphatic carbocycles. The van der Waals surface area contributed by atoms with Gasteiger partial charge in [0, 0.05) is 12.1 Å². The zero-order valence-corrected chi connectivity index (χ0v) is 15.6. The molecular formula is C16H16N4O5S2. The van der Waals surface area contributed by atoms with Crippen molar-refractivity contribution in [1.82, 2.24) is 10.7 Å². The summed E-state index contributed by atoms with van der Waals surface area (Å²) in [5, 5.41) is 18.1. The van der Waals surface area contributed by atoms with E-state index in [0.29, 0.717) is 23.5 Å². The number of sulfone groups is 1. The lowest BCUT2D eigenvalue weighted by Gasteiger charge is -2.11. The fourth-order valence-corrected chi connectivity index (χ4v) is 4.58. The van der Waals surface area contributed by atoms with Crippen LogP contribution in [0.2, 0.25) is 0 Å². The highest BCUT2D eigenvalue weighted by Gasteiger charge is 2.28. The number of nitro groups is 1. The Morgan fingerprint density at radius 3 is 2.81 bits per heavy atom. The van der Waals surface area contributed by atoms with E-state index in [2.05, 4.69) is 15.8 Å². The zero-order valence-electron chi connectivity index (χ0n) is 14.0. The quantitative estimate of drug-likeness (QED) is 0.332. The van der Waals surface area contributed by atoms with E-state index in [1.807, 2.05) is 0 Å². The van der Waals surface area contributed by atoms with Crippen LogP contribution in [0.15, 0.2) is 45.9 Å². The van der Waals surface area contributed by atoms with Gasteiger partial charge in [-0.2, -0.15) is 5.10 Å². The number of nitrogens with one attached hydrogen (secondary N) is 2. The van der Waals surface area contributed by atoms with E-state index in [4.69, 9.17) is 16.6 Å². The first-order valence-corrected chi connectivity index (χ1v) is 10.2. The van der Waals surface area contributed by atoms with Crippen molar-refractivity contribution in [3.63, 3.8) is 0 Å². The van der Waals surface area contributed by atoms with E-state index in [1.54, 1.807) is 30.3 Å². The molecule has 1 atom stereocenters. The number of nitro benzene ring substituents is 1. The molecule has 0 spiro atoms. The Balaban J connectivity index is 1.60. The average molecular weight is 408 g/mol. The van der Waals surface area contributed by atoms with Gasteiger partial charge in [0.15, 0.2) is 14.9 Å². The predicted octanol–water partition coefficient (Wildman–Crippen LogP) is 1.84. The smallest absolute Gasteiger partial charge is 0.280 e. The lowest BCUT2D eigenvalue weighted by atomic mass is 10.1. The first kappa shape index (κ1) is 19.0. The van der Waals surface area contributed by atoms with Gasteiger partial charge in [0.2, 0.25) is 0 Å². The van der Waals surface area contributed by atoms with Crippen LogP contribution >= 0.6 is 12.2 Å². The summed E-state index contributed by atoms with van der Waals surface area (Å²) in [6.45, 7) is 0. The second-order valence-electron chi connectivity index (χ2n) is 5.92. The number of furan rings is 1. The Bertz CT molecular complexity index is 1000. The van der Waals surface area contributed by atoms with Crippen LogP contribution in [0.5, 0.6) is 0 Å². The molecule has 1 aliphatic rings. The third-order valence-electron chi connectivity index (χ3n) is 3.92. The van der Waals surface area contributed by atoms with Crippen LogP contribution in [0.1, 0.15) is 12.2 Å². The minimum absolute atomic E-state index is 0.0506. The predicted molar refractivity (Wildman–Crippen MR) is 104 cm³/mol. The number of hydrogen-bond donors (Lipinski definition) is 2. The van der Waals surface area contributed by atoms with Gasteiger partial charge >= 0.3 is 0 Å². The van der Waals surface area contributed by atoms with Crippen LogP contribution in [0.25, 0.3) is 11.3 Å². The molecule has 1 aromatic carbocycles. The SMILES string of the molecule is O=[N+]([O-])c1ccccc1-c1ccc(/C=N\NC(=S)N[C@@H]2CCS(=O)(=O)C2)o1. The topological polar surface area (TPSA) is 127 Å². The summed E-state index contributed by atoms with van der Waals surface area (Å²) >= 11 is 5.07. The Kier molecular flexibility index (Phi) is 5.51. The average Bonchev–Trinajstić information content (AvgIpc) is 3.21. The van der Waals surface area contributed by atoms with Crippen molar-refractivity contribution in [3.05, 3.63) is 52.3 Å². The summed E-state index contributed by atoms with van der Waals surface area (Å²) in [7, 11) is -2.99. The molecule has 0 unspecified atom stereocenters. The molecule has 11 heteroatoms. The van der Waals surface area contributed by atoms with Gasteiger partial charge in [0.05, 0.1) is 28.2 Å². The van der Waals surface area contributed by atoms with E-state index in [1.165, 1.54) is 12.3 Å². The second kappa shape index (κ2) is 7.84. The number of rotatable bonds is 5. The minimum Gasteiger partial charge on any atom is -0.455 e. The summed E-state index contributed by atoms with van der Waals surface area (Å²) in [5.74, 6) is 0.926. The van der Waals surface area contributed by atoms with Crippen molar-refractivity contribution >= 4 is 39.1 Å². The molecule has 1 aromatic heterocycles. The molecule has 1 aliphatic heterocycles. The Morgan fingerprint density at radius 2 is 2.11 bits per heavy atom. The fraction of sp³-hybridized carbons (Fsp3) is 0.250. The first-order valence-electron chi connectivity index (χ1n) is 7.98. The van der Waals surface area contributed by atoms with E-state index in [-0.39, 0.29) is 28.3 Å². The maximum absolute atomic E-state index is 11.4. The molecule has 2 aromatic rings. The van der Waals surface area contributed by atoms with Crippen molar-refractivity contribution in [2.24, 2.45) is 5.10 Å². The van der Waals surface area contributed by atoms with Crippen molar-refractivity contribution in [1.29, 1.82) is 0 Å². The van der Waals surface area contributed by atoms with E-state index in [9.17, 15) is 18.5 Å². The van der Waals surface area contributed by atoms with Gasteiger partial charge in [-0.25, -0.2) is 8.42 Å². The summed E-state index contributed by atoms with van der Waals surface area (Å²) in [4.78, 5) is 10.6. The summed E-state index contributed by atoms with van der Waals surface area (Å²) < 4.78 is 28.4. The zero-order chi connectivity index (χ0) is 19.4. The number of para-hydroxylation sites is 1. The van der Waals surface area contributed by atoms with Crippen LogP contribution in [0, 0.1) is 10.1 Å². The van der Waals surface area contributed by atoms with Gasteiger partial charge in [0.1, 0.15) is 11.5 Å². The molecule has 27 heavy (non-hydrogen) atoms. The van der Waals surface area contributed by atoms with Gasteiger partial charge in [0.25, 0.3) is 5.69 Å². The largest absolute Gasteiger partial charge is 0.455 e. The molecule has 1 fully saturated rings. The highest BCUT2D eigenvalue weighted by atomic mass is 32.2. The molecule has 9 nitrogen and oxygen atoms in total. The van der Waals surface area contributed by atoms with Crippen molar-refractivity contribution in [2.45, 2.75) is 12.5 Å². The molecule has 3 rings (SSSR count). The highest BCUT2D eigenvalue weighted by Crippen LogP contribution is 2.30. The van der Waals surface area contributed by atoms with Gasteiger partial charge in [-0.3, -0.25) is 15.5 Å². The summed E-state index contributed by atoms with van der Waals surface area (Å²) in [5.41, 5.74) is 2.91. The van der Waals surface area contributed by atoms with E-state index < -0.39 is 14.8 Å². The van der Waals surface area contributed by atoms with Gasteiger partial charge in [-0.1, -0.05) is 12.1 Å². The molecule has 0 radical (unpaired) electrons. The number of hydrogen-bond acceptors (Lipinski definition) is 7.